The van der Waals surface area contributed by atoms with E-state index < -0.39 is 11.7 Å². The Hall–Kier alpha value is -2.70. The average molecular weight is 373 g/mol. The number of nitrogens with zero attached hydrogens (tertiary/aromatic N) is 3. The van der Waals surface area contributed by atoms with Crippen LogP contribution in [-0.2, 0) is 17.5 Å². The summed E-state index contributed by atoms with van der Waals surface area (Å²) < 4.78 is 39.8. The van der Waals surface area contributed by atoms with Gasteiger partial charge >= 0.3 is 6.18 Å². The van der Waals surface area contributed by atoms with Crippen LogP contribution in [0.3, 0.4) is 0 Å². The van der Waals surface area contributed by atoms with Crippen molar-refractivity contribution in [3.05, 3.63) is 65.0 Å². The summed E-state index contributed by atoms with van der Waals surface area (Å²) in [6.07, 6.45) is -0.00280. The fourth-order valence-electron chi connectivity index (χ4n) is 3.87. The van der Waals surface area contributed by atoms with E-state index in [-0.39, 0.29) is 11.8 Å². The lowest BCUT2D eigenvalue weighted by atomic mass is 9.86. The Labute approximate surface area is 154 Å². The molecule has 4 nitrogen and oxygen atoms in total. The van der Waals surface area contributed by atoms with Gasteiger partial charge < -0.3 is 4.90 Å². The van der Waals surface area contributed by atoms with Crippen LogP contribution in [0, 0.1) is 0 Å². The number of aliphatic imine (C=N–C) groups is 1. The second-order valence-corrected chi connectivity index (χ2v) is 6.85. The van der Waals surface area contributed by atoms with E-state index in [0.29, 0.717) is 43.8 Å². The van der Waals surface area contributed by atoms with E-state index in [1.807, 2.05) is 0 Å². The fraction of sp³-hybridized carbons (Fsp3) is 0.350. The molecule has 27 heavy (non-hydrogen) atoms. The lowest BCUT2D eigenvalue weighted by Gasteiger charge is -2.33. The van der Waals surface area contributed by atoms with Gasteiger partial charge in [0.25, 0.3) is 5.91 Å². The van der Waals surface area contributed by atoms with Crippen LogP contribution in [0.2, 0.25) is 0 Å². The summed E-state index contributed by atoms with van der Waals surface area (Å²) in [5, 5.41) is 0. The predicted molar refractivity (Wildman–Crippen MR) is 94.5 cm³/mol. The van der Waals surface area contributed by atoms with Gasteiger partial charge in [-0.1, -0.05) is 18.2 Å². The smallest absolute Gasteiger partial charge is 0.337 e. The number of amides is 1. The number of likely N-dealkylation sites (tertiary alicyclic amines) is 1. The highest BCUT2D eigenvalue weighted by molar-refractivity contribution is 6.46. The van der Waals surface area contributed by atoms with Gasteiger partial charge in [-0.15, -0.1) is 0 Å². The Morgan fingerprint density at radius 3 is 2.59 bits per heavy atom. The number of carbonyl (C=O) groups is 1. The van der Waals surface area contributed by atoms with Crippen LogP contribution < -0.4 is 0 Å². The summed E-state index contributed by atoms with van der Waals surface area (Å²) >= 11 is 0. The van der Waals surface area contributed by atoms with Gasteiger partial charge in [-0.05, 0) is 36.5 Å². The lowest BCUT2D eigenvalue weighted by Crippen LogP contribution is -2.42. The molecule has 2 aromatic rings. The SMILES string of the molecule is O=C(C1=NCc2cnccc21)N1CCC(c2ccccc2C(F)(F)F)CC1. The van der Waals surface area contributed by atoms with Crippen LogP contribution in [0.5, 0.6) is 0 Å². The first-order valence-corrected chi connectivity index (χ1v) is 8.88. The number of aromatic nitrogens is 1. The summed E-state index contributed by atoms with van der Waals surface area (Å²) in [5.74, 6) is -0.351. The van der Waals surface area contributed by atoms with Crippen LogP contribution >= 0.6 is 0 Å². The third-order valence-electron chi connectivity index (χ3n) is 5.26. The maximum atomic E-state index is 13.3. The molecule has 0 radical (unpaired) electrons. The molecule has 1 amide bonds. The summed E-state index contributed by atoms with van der Waals surface area (Å²) in [4.78, 5) is 22.9. The van der Waals surface area contributed by atoms with Crippen molar-refractivity contribution >= 4 is 11.6 Å². The number of hydrogen-bond acceptors (Lipinski definition) is 3. The number of halogens is 3. The molecule has 0 bridgehead atoms. The molecular formula is C20H18F3N3O. The maximum Gasteiger partial charge on any atom is 0.416 e. The molecule has 1 aromatic heterocycles. The first-order valence-electron chi connectivity index (χ1n) is 8.88. The fourth-order valence-corrected chi connectivity index (χ4v) is 3.87. The molecule has 140 valence electrons. The molecule has 7 heteroatoms. The monoisotopic (exact) mass is 373 g/mol. The Morgan fingerprint density at radius 2 is 1.85 bits per heavy atom. The molecule has 0 N–H and O–H groups in total. The van der Waals surface area contributed by atoms with Crippen molar-refractivity contribution in [1.29, 1.82) is 0 Å². The maximum absolute atomic E-state index is 13.3. The molecule has 1 saturated heterocycles. The third kappa shape index (κ3) is 3.34. The van der Waals surface area contributed by atoms with Crippen LogP contribution in [0.15, 0.2) is 47.7 Å². The molecular weight excluding hydrogens is 355 g/mol. The minimum absolute atomic E-state index is 0.150. The van der Waals surface area contributed by atoms with Gasteiger partial charge in [0.2, 0.25) is 0 Å². The van der Waals surface area contributed by atoms with E-state index in [4.69, 9.17) is 0 Å². The van der Waals surface area contributed by atoms with E-state index in [1.165, 1.54) is 6.07 Å². The molecule has 1 fully saturated rings. The third-order valence-corrected chi connectivity index (χ3v) is 5.26. The number of fused-ring (bicyclic) bond motifs is 1. The van der Waals surface area contributed by atoms with Crippen molar-refractivity contribution in [1.82, 2.24) is 9.88 Å². The van der Waals surface area contributed by atoms with Gasteiger partial charge in [0.15, 0.2) is 0 Å². The van der Waals surface area contributed by atoms with E-state index in [1.54, 1.807) is 35.5 Å². The van der Waals surface area contributed by atoms with E-state index in [2.05, 4.69) is 9.98 Å². The first-order chi connectivity index (χ1) is 12.9. The van der Waals surface area contributed by atoms with E-state index in [9.17, 15) is 18.0 Å². The van der Waals surface area contributed by atoms with E-state index in [0.717, 1.165) is 17.2 Å². The van der Waals surface area contributed by atoms with Gasteiger partial charge in [0.05, 0.1) is 12.1 Å². The van der Waals surface area contributed by atoms with Crippen molar-refractivity contribution in [2.75, 3.05) is 13.1 Å². The number of benzene rings is 1. The second-order valence-electron chi connectivity index (χ2n) is 6.85. The van der Waals surface area contributed by atoms with Crippen molar-refractivity contribution in [3.63, 3.8) is 0 Å². The van der Waals surface area contributed by atoms with Crippen molar-refractivity contribution < 1.29 is 18.0 Å². The summed E-state index contributed by atoms with van der Waals surface area (Å²) in [7, 11) is 0. The minimum atomic E-state index is -4.36. The predicted octanol–water partition coefficient (Wildman–Crippen LogP) is 3.81. The standard InChI is InChI=1S/C20H18F3N3O/c21-20(22,23)17-4-2-1-3-15(17)13-6-9-26(10-7-13)19(27)18-16-5-8-24-11-14(16)12-25-18/h1-5,8,11,13H,6-7,9-10,12H2. The van der Waals surface area contributed by atoms with Gasteiger partial charge in [-0.3, -0.25) is 14.8 Å². The lowest BCUT2D eigenvalue weighted by molar-refractivity contribution is -0.138. The van der Waals surface area contributed by atoms with Crippen LogP contribution in [0.25, 0.3) is 0 Å². The van der Waals surface area contributed by atoms with Gasteiger partial charge in [-0.2, -0.15) is 13.2 Å². The molecule has 0 atom stereocenters. The highest BCUT2D eigenvalue weighted by Gasteiger charge is 2.36. The molecule has 0 spiro atoms. The van der Waals surface area contributed by atoms with Crippen LogP contribution in [0.4, 0.5) is 13.2 Å². The Kier molecular flexibility index (Phi) is 4.45. The number of carbonyl (C=O) groups excluding carboxylic acids is 1. The van der Waals surface area contributed by atoms with Crippen LogP contribution in [0.1, 0.15) is 41.0 Å². The van der Waals surface area contributed by atoms with Gasteiger partial charge in [0.1, 0.15) is 5.71 Å². The molecule has 2 aliphatic heterocycles. The first kappa shape index (κ1) is 17.7. The second kappa shape index (κ2) is 6.79. The number of rotatable bonds is 2. The Balaban J connectivity index is 1.47. The quantitative estimate of drug-likeness (QED) is 0.804. The van der Waals surface area contributed by atoms with Crippen molar-refractivity contribution in [2.45, 2.75) is 31.5 Å². The molecule has 0 saturated carbocycles. The van der Waals surface area contributed by atoms with E-state index >= 15 is 0 Å². The number of alkyl halides is 3. The summed E-state index contributed by atoms with van der Waals surface area (Å²) in [6, 6.07) is 7.52. The summed E-state index contributed by atoms with van der Waals surface area (Å²) in [6.45, 7) is 1.30. The molecule has 1 aromatic carbocycles. The molecule has 4 rings (SSSR count). The molecule has 0 unspecified atom stereocenters. The van der Waals surface area contributed by atoms with Crippen molar-refractivity contribution in [3.8, 4) is 0 Å². The molecule has 2 aliphatic rings. The van der Waals surface area contributed by atoms with Gasteiger partial charge in [-0.25, -0.2) is 0 Å². The Bertz CT molecular complexity index is 899. The minimum Gasteiger partial charge on any atom is -0.337 e. The van der Waals surface area contributed by atoms with Gasteiger partial charge in [0, 0.05) is 36.6 Å². The molecule has 3 heterocycles. The van der Waals surface area contributed by atoms with Crippen molar-refractivity contribution in [2.24, 2.45) is 4.99 Å². The number of hydrogen-bond donors (Lipinski definition) is 0. The highest BCUT2D eigenvalue weighted by Crippen LogP contribution is 2.38. The number of pyridine rings is 1. The zero-order valence-corrected chi connectivity index (χ0v) is 14.5. The van der Waals surface area contributed by atoms with Crippen LogP contribution in [-0.4, -0.2) is 34.6 Å². The zero-order chi connectivity index (χ0) is 19.0. The molecule has 0 aliphatic carbocycles. The highest BCUT2D eigenvalue weighted by atomic mass is 19.4. The normalized spacial score (nSPS) is 17.6. The topological polar surface area (TPSA) is 45.6 Å². The average Bonchev–Trinajstić information content (AvgIpc) is 3.11. The largest absolute Gasteiger partial charge is 0.416 e. The summed E-state index contributed by atoms with van der Waals surface area (Å²) in [5.41, 5.74) is 1.92. The number of piperidine rings is 1. The Morgan fingerprint density at radius 1 is 1.11 bits per heavy atom. The zero-order valence-electron chi connectivity index (χ0n) is 14.5.